The van der Waals surface area contributed by atoms with Gasteiger partial charge in [0.15, 0.2) is 0 Å². The number of benzene rings is 2. The molecule has 6 heteroatoms. The largest absolute Gasteiger partial charge is 0.507 e. The van der Waals surface area contributed by atoms with Crippen LogP contribution in [-0.2, 0) is 0 Å². The number of para-hydroxylation sites is 2. The van der Waals surface area contributed by atoms with Crippen LogP contribution in [0.25, 0.3) is 32.8 Å². The number of fused-ring (bicyclic) bond motifs is 1. The molecule has 0 unspecified atom stereocenters. The second kappa shape index (κ2) is 7.48. The molecule has 0 fully saturated rings. The molecule has 0 saturated carbocycles. The molecule has 0 saturated heterocycles. The molecule has 0 bridgehead atoms. The van der Waals surface area contributed by atoms with Gasteiger partial charge in [-0.2, -0.15) is 0 Å². The van der Waals surface area contributed by atoms with Gasteiger partial charge in [0.05, 0.1) is 16.9 Å². The lowest BCUT2D eigenvalue weighted by Crippen LogP contribution is -2.25. The molecule has 142 valence electrons. The van der Waals surface area contributed by atoms with Crippen LogP contribution in [0.5, 0.6) is 5.75 Å². The molecule has 0 aliphatic carbocycles. The van der Waals surface area contributed by atoms with Crippen LogP contribution in [0.1, 0.15) is 13.8 Å². The Morgan fingerprint density at radius 1 is 1.07 bits per heavy atom. The maximum absolute atomic E-state index is 12.9. The number of hydrogen-bond donors (Lipinski definition) is 1. The Labute approximate surface area is 166 Å². The summed E-state index contributed by atoms with van der Waals surface area (Å²) in [6.45, 7) is 5.64. The summed E-state index contributed by atoms with van der Waals surface area (Å²) in [6, 6.07) is 14.6. The number of anilines is 1. The summed E-state index contributed by atoms with van der Waals surface area (Å²) < 4.78 is 5.60. The van der Waals surface area contributed by atoms with Gasteiger partial charge in [0.2, 0.25) is 0 Å². The summed E-state index contributed by atoms with van der Waals surface area (Å²) in [5, 5.41) is 13.5. The van der Waals surface area contributed by atoms with Crippen molar-refractivity contribution in [2.24, 2.45) is 0 Å². The van der Waals surface area contributed by atoms with Gasteiger partial charge >= 0.3 is 5.63 Å². The molecule has 0 amide bonds. The van der Waals surface area contributed by atoms with Crippen LogP contribution in [-0.4, -0.2) is 23.2 Å². The summed E-state index contributed by atoms with van der Waals surface area (Å²) in [7, 11) is 0. The average molecular weight is 392 g/mol. The van der Waals surface area contributed by atoms with Crippen LogP contribution in [0.15, 0.2) is 63.1 Å². The number of hydrogen-bond acceptors (Lipinski definition) is 6. The molecule has 4 rings (SSSR count). The van der Waals surface area contributed by atoms with Gasteiger partial charge < -0.3 is 14.4 Å². The number of nitrogens with zero attached hydrogens (tertiary/aromatic N) is 2. The molecule has 0 radical (unpaired) electrons. The van der Waals surface area contributed by atoms with Crippen LogP contribution in [0.4, 0.5) is 5.69 Å². The fourth-order valence-corrected chi connectivity index (χ4v) is 4.24. The first-order chi connectivity index (χ1) is 13.6. The molecule has 2 heterocycles. The molecule has 4 aromatic rings. The third-order valence-corrected chi connectivity index (χ3v) is 5.64. The van der Waals surface area contributed by atoms with Crippen molar-refractivity contribution in [1.29, 1.82) is 0 Å². The van der Waals surface area contributed by atoms with E-state index in [0.717, 1.165) is 24.2 Å². The molecule has 0 aliphatic heterocycles. The van der Waals surface area contributed by atoms with E-state index in [-0.39, 0.29) is 5.75 Å². The van der Waals surface area contributed by atoms with Crippen molar-refractivity contribution in [3.05, 3.63) is 64.3 Å². The Morgan fingerprint density at radius 2 is 1.79 bits per heavy atom. The van der Waals surface area contributed by atoms with Crippen LogP contribution in [0.2, 0.25) is 0 Å². The standard InChI is InChI=1S/C22H20N2O3S/c1-3-24(4-2)20-15-10-6-8-12-18(15)27-22(26)19(20)16-13-28-21(23-16)14-9-5-7-11-17(14)25/h5-13,25H,3-4H2,1-2H3. The minimum atomic E-state index is -0.408. The highest BCUT2D eigenvalue weighted by Gasteiger charge is 2.22. The lowest BCUT2D eigenvalue weighted by atomic mass is 10.1. The molecular formula is C22H20N2O3S. The van der Waals surface area contributed by atoms with Crippen molar-refractivity contribution in [1.82, 2.24) is 4.98 Å². The van der Waals surface area contributed by atoms with Crippen LogP contribution in [0, 0.1) is 0 Å². The fraction of sp³-hybridized carbons (Fsp3) is 0.182. The number of phenolic OH excluding ortho intramolecular Hbond substituents is 1. The predicted octanol–water partition coefficient (Wildman–Crippen LogP) is 5.14. The van der Waals surface area contributed by atoms with Gasteiger partial charge in [-0.25, -0.2) is 9.78 Å². The van der Waals surface area contributed by atoms with Gasteiger partial charge in [0.1, 0.15) is 21.9 Å². The molecule has 0 aliphatic rings. The Bertz CT molecular complexity index is 1190. The first-order valence-corrected chi connectivity index (χ1v) is 10.1. The van der Waals surface area contributed by atoms with Crippen molar-refractivity contribution >= 4 is 28.0 Å². The predicted molar refractivity (Wildman–Crippen MR) is 114 cm³/mol. The van der Waals surface area contributed by atoms with E-state index < -0.39 is 5.63 Å². The highest BCUT2D eigenvalue weighted by molar-refractivity contribution is 7.13. The van der Waals surface area contributed by atoms with E-state index in [1.54, 1.807) is 12.1 Å². The van der Waals surface area contributed by atoms with Crippen molar-refractivity contribution in [2.75, 3.05) is 18.0 Å². The van der Waals surface area contributed by atoms with E-state index in [9.17, 15) is 9.90 Å². The minimum Gasteiger partial charge on any atom is -0.507 e. The zero-order valence-electron chi connectivity index (χ0n) is 15.7. The van der Waals surface area contributed by atoms with Gasteiger partial charge in [0, 0.05) is 23.9 Å². The first-order valence-electron chi connectivity index (χ1n) is 9.19. The van der Waals surface area contributed by atoms with Gasteiger partial charge in [-0.1, -0.05) is 24.3 Å². The maximum Gasteiger partial charge on any atom is 0.347 e. The fourth-order valence-electron chi connectivity index (χ4n) is 3.39. The topological polar surface area (TPSA) is 66.6 Å². The van der Waals surface area contributed by atoms with Gasteiger partial charge in [-0.15, -0.1) is 11.3 Å². The zero-order valence-corrected chi connectivity index (χ0v) is 16.5. The number of phenols is 1. The second-order valence-electron chi connectivity index (χ2n) is 6.34. The summed E-state index contributed by atoms with van der Waals surface area (Å²) in [5.41, 5.74) is 2.66. The van der Waals surface area contributed by atoms with E-state index in [0.29, 0.717) is 27.4 Å². The quantitative estimate of drug-likeness (QED) is 0.477. The summed E-state index contributed by atoms with van der Waals surface area (Å²) >= 11 is 1.39. The first kappa shape index (κ1) is 18.3. The molecule has 28 heavy (non-hydrogen) atoms. The SMILES string of the molecule is CCN(CC)c1c(-c2csc(-c3ccccc3O)n2)c(=O)oc2ccccc12. The Kier molecular flexibility index (Phi) is 4.88. The van der Waals surface area contributed by atoms with Crippen LogP contribution < -0.4 is 10.5 Å². The average Bonchev–Trinajstić information content (AvgIpc) is 3.18. The smallest absolute Gasteiger partial charge is 0.347 e. The van der Waals surface area contributed by atoms with Crippen LogP contribution >= 0.6 is 11.3 Å². The van der Waals surface area contributed by atoms with E-state index in [4.69, 9.17) is 4.42 Å². The van der Waals surface area contributed by atoms with Crippen molar-refractivity contribution in [3.63, 3.8) is 0 Å². The molecular weight excluding hydrogens is 372 g/mol. The van der Waals surface area contributed by atoms with Crippen molar-refractivity contribution in [2.45, 2.75) is 13.8 Å². The molecule has 0 atom stereocenters. The minimum absolute atomic E-state index is 0.165. The highest BCUT2D eigenvalue weighted by atomic mass is 32.1. The normalized spacial score (nSPS) is 11.1. The number of aromatic nitrogens is 1. The summed E-state index contributed by atoms with van der Waals surface area (Å²) in [5.74, 6) is 0.165. The van der Waals surface area contributed by atoms with Gasteiger partial charge in [-0.3, -0.25) is 0 Å². The molecule has 5 nitrogen and oxygen atoms in total. The third kappa shape index (κ3) is 3.05. The zero-order chi connectivity index (χ0) is 19.7. The number of aromatic hydroxyl groups is 1. The summed E-state index contributed by atoms with van der Waals surface area (Å²) in [6.07, 6.45) is 0. The van der Waals surface area contributed by atoms with E-state index in [1.165, 1.54) is 11.3 Å². The molecule has 0 spiro atoms. The second-order valence-corrected chi connectivity index (χ2v) is 7.19. The summed E-state index contributed by atoms with van der Waals surface area (Å²) in [4.78, 5) is 19.7. The van der Waals surface area contributed by atoms with Crippen molar-refractivity contribution < 1.29 is 9.52 Å². The van der Waals surface area contributed by atoms with E-state index in [1.807, 2.05) is 41.8 Å². The lowest BCUT2D eigenvalue weighted by molar-refractivity contribution is 0.477. The number of thiazole rings is 1. The van der Waals surface area contributed by atoms with Crippen LogP contribution in [0.3, 0.4) is 0 Å². The Morgan fingerprint density at radius 3 is 2.54 bits per heavy atom. The molecule has 2 aromatic carbocycles. The van der Waals surface area contributed by atoms with E-state index in [2.05, 4.69) is 23.7 Å². The van der Waals surface area contributed by atoms with E-state index >= 15 is 0 Å². The van der Waals surface area contributed by atoms with Crippen molar-refractivity contribution in [3.8, 4) is 27.6 Å². The highest BCUT2D eigenvalue weighted by Crippen LogP contribution is 2.38. The van der Waals surface area contributed by atoms with Gasteiger partial charge in [-0.05, 0) is 38.1 Å². The molecule has 1 N–H and O–H groups in total. The van der Waals surface area contributed by atoms with Gasteiger partial charge in [0.25, 0.3) is 0 Å². The Balaban J connectivity index is 1.97. The maximum atomic E-state index is 12.9. The third-order valence-electron chi connectivity index (χ3n) is 4.76. The molecule has 2 aromatic heterocycles. The monoisotopic (exact) mass is 392 g/mol. The Hall–Kier alpha value is -3.12. The lowest BCUT2D eigenvalue weighted by Gasteiger charge is -2.24. The number of rotatable bonds is 5.